The highest BCUT2D eigenvalue weighted by atomic mass is 19.1. The van der Waals surface area contributed by atoms with Gasteiger partial charge in [0.15, 0.2) is 0 Å². The summed E-state index contributed by atoms with van der Waals surface area (Å²) in [5.74, 6) is 0.147. The molecule has 150 valence electrons. The van der Waals surface area contributed by atoms with Crippen LogP contribution >= 0.6 is 0 Å². The summed E-state index contributed by atoms with van der Waals surface area (Å²) in [5, 5.41) is 4.03. The monoisotopic (exact) mass is 397 g/mol. The van der Waals surface area contributed by atoms with Gasteiger partial charge in [-0.05, 0) is 38.3 Å². The van der Waals surface area contributed by atoms with Gasteiger partial charge in [-0.1, -0.05) is 18.1 Å². The molecule has 1 aliphatic rings. The SMILES string of the molecule is CCC(C)n1c(=O)c2c(-c3noc(C4(OC)CC4)n3)ncn2c2cccc(F)c21. The molecule has 5 rings (SSSR count). The van der Waals surface area contributed by atoms with Crippen LogP contribution in [-0.4, -0.2) is 31.2 Å². The molecular formula is C20H20FN5O3. The van der Waals surface area contributed by atoms with Gasteiger partial charge in [-0.2, -0.15) is 4.98 Å². The van der Waals surface area contributed by atoms with Gasteiger partial charge in [0.2, 0.25) is 5.82 Å². The number of rotatable bonds is 5. The van der Waals surface area contributed by atoms with E-state index in [1.807, 2.05) is 13.8 Å². The van der Waals surface area contributed by atoms with Crippen molar-refractivity contribution in [3.8, 4) is 11.5 Å². The Labute approximate surface area is 164 Å². The summed E-state index contributed by atoms with van der Waals surface area (Å²) in [5.41, 5.74) is 0.529. The van der Waals surface area contributed by atoms with Crippen LogP contribution in [0.15, 0.2) is 33.8 Å². The van der Waals surface area contributed by atoms with Crippen molar-refractivity contribution in [1.29, 1.82) is 0 Å². The van der Waals surface area contributed by atoms with Crippen molar-refractivity contribution in [3.05, 3.63) is 46.6 Å². The van der Waals surface area contributed by atoms with Crippen molar-refractivity contribution in [2.45, 2.75) is 44.8 Å². The predicted molar refractivity (Wildman–Crippen MR) is 103 cm³/mol. The Morgan fingerprint density at radius 1 is 1.34 bits per heavy atom. The molecule has 0 bridgehead atoms. The number of halogens is 1. The van der Waals surface area contributed by atoms with Crippen LogP contribution in [0.5, 0.6) is 0 Å². The van der Waals surface area contributed by atoms with E-state index in [9.17, 15) is 9.18 Å². The summed E-state index contributed by atoms with van der Waals surface area (Å²) in [6, 6.07) is 4.54. The van der Waals surface area contributed by atoms with E-state index >= 15 is 0 Å². The molecule has 0 N–H and O–H groups in total. The topological polar surface area (TPSA) is 87.5 Å². The number of aromatic nitrogens is 5. The molecule has 4 aromatic rings. The van der Waals surface area contributed by atoms with Crippen LogP contribution in [0.4, 0.5) is 4.39 Å². The highest BCUT2D eigenvalue weighted by Crippen LogP contribution is 2.48. The average Bonchev–Trinajstić information content (AvgIpc) is 3.15. The van der Waals surface area contributed by atoms with Crippen LogP contribution in [0.25, 0.3) is 28.1 Å². The Morgan fingerprint density at radius 2 is 2.14 bits per heavy atom. The number of nitrogens with zero attached hydrogens (tertiary/aromatic N) is 5. The van der Waals surface area contributed by atoms with Crippen LogP contribution in [0.2, 0.25) is 0 Å². The largest absolute Gasteiger partial charge is 0.368 e. The fourth-order valence-electron chi connectivity index (χ4n) is 3.78. The third-order valence-electron chi connectivity index (χ3n) is 5.81. The van der Waals surface area contributed by atoms with Gasteiger partial charge < -0.3 is 9.26 Å². The average molecular weight is 397 g/mol. The first-order valence-electron chi connectivity index (χ1n) is 9.60. The Hall–Kier alpha value is -3.07. The Morgan fingerprint density at radius 3 is 2.83 bits per heavy atom. The molecule has 0 aliphatic heterocycles. The number of hydrogen-bond donors (Lipinski definition) is 0. The summed E-state index contributed by atoms with van der Waals surface area (Å²) >= 11 is 0. The molecule has 1 unspecified atom stereocenters. The molecular weight excluding hydrogens is 377 g/mol. The molecule has 0 radical (unpaired) electrons. The summed E-state index contributed by atoms with van der Waals surface area (Å²) in [6.07, 6.45) is 3.78. The third kappa shape index (κ3) is 2.46. The molecule has 0 amide bonds. The zero-order valence-electron chi connectivity index (χ0n) is 16.3. The number of imidazole rings is 1. The second kappa shape index (κ2) is 6.21. The molecule has 0 spiro atoms. The molecule has 1 saturated carbocycles. The minimum absolute atomic E-state index is 0.196. The van der Waals surface area contributed by atoms with Gasteiger partial charge in [-0.3, -0.25) is 13.8 Å². The quantitative estimate of drug-likeness (QED) is 0.513. The van der Waals surface area contributed by atoms with E-state index in [4.69, 9.17) is 9.26 Å². The Kier molecular flexibility index (Phi) is 3.86. The molecule has 1 atom stereocenters. The van der Waals surface area contributed by atoms with E-state index in [2.05, 4.69) is 15.1 Å². The molecule has 3 aromatic heterocycles. The molecule has 0 saturated heterocycles. The van der Waals surface area contributed by atoms with Gasteiger partial charge in [-0.25, -0.2) is 9.37 Å². The van der Waals surface area contributed by atoms with Crippen LogP contribution in [0, 0.1) is 5.82 Å². The number of hydrogen-bond acceptors (Lipinski definition) is 6. The highest BCUT2D eigenvalue weighted by Gasteiger charge is 2.50. The maximum absolute atomic E-state index is 14.7. The predicted octanol–water partition coefficient (Wildman–Crippen LogP) is 3.44. The standard InChI is InChI=1S/C20H20FN5O3/c1-4-11(2)26-15-12(21)6-5-7-13(15)25-10-22-14(16(25)18(26)27)17-23-19(29-24-17)20(28-3)8-9-20/h5-7,10-11H,4,8-9H2,1-3H3. The normalized spacial score (nSPS) is 16.6. The minimum atomic E-state index is -0.534. The van der Waals surface area contributed by atoms with Crippen LogP contribution in [0.1, 0.15) is 45.0 Å². The van der Waals surface area contributed by atoms with Crippen LogP contribution in [-0.2, 0) is 10.3 Å². The van der Waals surface area contributed by atoms with Gasteiger partial charge in [0.1, 0.15) is 34.5 Å². The zero-order valence-corrected chi connectivity index (χ0v) is 16.3. The minimum Gasteiger partial charge on any atom is -0.368 e. The van der Waals surface area contributed by atoms with Gasteiger partial charge in [-0.15, -0.1) is 0 Å². The zero-order chi connectivity index (χ0) is 20.3. The van der Waals surface area contributed by atoms with E-state index in [0.717, 1.165) is 12.8 Å². The number of ether oxygens (including phenoxy) is 1. The number of para-hydroxylation sites is 1. The molecule has 1 aliphatic carbocycles. The molecule has 1 fully saturated rings. The van der Waals surface area contributed by atoms with Crippen molar-refractivity contribution in [1.82, 2.24) is 24.1 Å². The number of fused-ring (bicyclic) bond motifs is 3. The number of methoxy groups -OCH3 is 1. The first-order chi connectivity index (χ1) is 14.0. The van der Waals surface area contributed by atoms with Gasteiger partial charge in [0.25, 0.3) is 11.4 Å². The van der Waals surface area contributed by atoms with Crippen molar-refractivity contribution >= 4 is 16.6 Å². The molecule has 8 nitrogen and oxygen atoms in total. The van der Waals surface area contributed by atoms with Crippen molar-refractivity contribution in [3.63, 3.8) is 0 Å². The van der Waals surface area contributed by atoms with Crippen LogP contribution in [0.3, 0.4) is 0 Å². The number of benzene rings is 1. The van der Waals surface area contributed by atoms with Gasteiger partial charge >= 0.3 is 0 Å². The van der Waals surface area contributed by atoms with Gasteiger partial charge in [0.05, 0.1) is 5.52 Å². The summed E-state index contributed by atoms with van der Waals surface area (Å²) in [4.78, 5) is 22.3. The lowest BCUT2D eigenvalue weighted by atomic mass is 10.2. The maximum atomic E-state index is 14.7. The first kappa shape index (κ1) is 18.0. The van der Waals surface area contributed by atoms with Crippen molar-refractivity contribution < 1.29 is 13.7 Å². The lowest BCUT2D eigenvalue weighted by molar-refractivity contribution is 0.0492. The fraction of sp³-hybridized carbons (Fsp3) is 0.400. The second-order valence-corrected chi connectivity index (χ2v) is 7.47. The molecule has 9 heteroatoms. The molecule has 3 heterocycles. The van der Waals surface area contributed by atoms with E-state index in [1.165, 1.54) is 17.0 Å². The maximum Gasteiger partial charge on any atom is 0.278 e. The molecule has 29 heavy (non-hydrogen) atoms. The van der Waals surface area contributed by atoms with Crippen molar-refractivity contribution in [2.24, 2.45) is 0 Å². The summed E-state index contributed by atoms with van der Waals surface area (Å²) < 4.78 is 28.7. The van der Waals surface area contributed by atoms with E-state index in [1.54, 1.807) is 23.6 Å². The van der Waals surface area contributed by atoms with Crippen molar-refractivity contribution in [2.75, 3.05) is 7.11 Å². The lowest BCUT2D eigenvalue weighted by Crippen LogP contribution is -2.26. The fourth-order valence-corrected chi connectivity index (χ4v) is 3.78. The van der Waals surface area contributed by atoms with E-state index < -0.39 is 11.4 Å². The first-order valence-corrected chi connectivity index (χ1v) is 9.60. The lowest BCUT2D eigenvalue weighted by Gasteiger charge is -2.18. The second-order valence-electron chi connectivity index (χ2n) is 7.47. The summed E-state index contributed by atoms with van der Waals surface area (Å²) in [7, 11) is 1.61. The van der Waals surface area contributed by atoms with Gasteiger partial charge in [0, 0.05) is 13.2 Å². The summed E-state index contributed by atoms with van der Waals surface area (Å²) in [6.45, 7) is 3.85. The smallest absolute Gasteiger partial charge is 0.278 e. The highest BCUT2D eigenvalue weighted by molar-refractivity contribution is 5.84. The van der Waals surface area contributed by atoms with E-state index in [0.29, 0.717) is 23.5 Å². The van der Waals surface area contributed by atoms with E-state index in [-0.39, 0.29) is 28.5 Å². The third-order valence-corrected chi connectivity index (χ3v) is 5.81. The Balaban J connectivity index is 1.81. The Bertz CT molecular complexity index is 1300. The molecule has 1 aromatic carbocycles. The van der Waals surface area contributed by atoms with Crippen LogP contribution < -0.4 is 5.56 Å².